The first-order valence-electron chi connectivity index (χ1n) is 8.80. The fourth-order valence-electron chi connectivity index (χ4n) is 3.18. The SMILES string of the molecule is Cc1cc([C@H](C)C(=O)Nc2ccc(CN3CCOCC3)cc2)c(C)o1. The standard InChI is InChI=1S/C20H26N2O3/c1-14-12-19(16(3)25-14)15(2)20(23)21-18-6-4-17(5-7-18)13-22-8-10-24-11-9-22/h4-7,12,15H,8-11,13H2,1-3H3,(H,21,23)/t15-/m0/s1. The number of hydrogen-bond acceptors (Lipinski definition) is 4. The van der Waals surface area contributed by atoms with E-state index in [1.165, 1.54) is 5.56 Å². The van der Waals surface area contributed by atoms with Gasteiger partial charge < -0.3 is 14.5 Å². The third kappa shape index (κ3) is 4.50. The van der Waals surface area contributed by atoms with Crippen molar-refractivity contribution in [1.82, 2.24) is 4.90 Å². The van der Waals surface area contributed by atoms with Crippen molar-refractivity contribution in [2.24, 2.45) is 0 Å². The van der Waals surface area contributed by atoms with Crippen LogP contribution in [-0.4, -0.2) is 37.1 Å². The van der Waals surface area contributed by atoms with Crippen LogP contribution in [0.15, 0.2) is 34.7 Å². The number of nitrogens with zero attached hydrogens (tertiary/aromatic N) is 1. The molecule has 5 nitrogen and oxygen atoms in total. The lowest BCUT2D eigenvalue weighted by Crippen LogP contribution is -2.35. The summed E-state index contributed by atoms with van der Waals surface area (Å²) in [6.45, 7) is 10.2. The molecule has 1 aromatic carbocycles. The van der Waals surface area contributed by atoms with E-state index < -0.39 is 0 Å². The van der Waals surface area contributed by atoms with Crippen LogP contribution in [-0.2, 0) is 16.1 Å². The lowest BCUT2D eigenvalue weighted by molar-refractivity contribution is -0.117. The third-order valence-electron chi connectivity index (χ3n) is 4.67. The summed E-state index contributed by atoms with van der Waals surface area (Å²) in [6.07, 6.45) is 0. The molecule has 1 amide bonds. The van der Waals surface area contributed by atoms with Crippen molar-refractivity contribution < 1.29 is 13.9 Å². The van der Waals surface area contributed by atoms with Gasteiger partial charge in [0.25, 0.3) is 0 Å². The van der Waals surface area contributed by atoms with Crippen LogP contribution in [0.3, 0.4) is 0 Å². The minimum absolute atomic E-state index is 0.0233. The second-order valence-corrected chi connectivity index (χ2v) is 6.66. The summed E-state index contributed by atoms with van der Waals surface area (Å²) in [5, 5.41) is 2.99. The normalized spacial score (nSPS) is 16.6. The Morgan fingerprint density at radius 1 is 1.20 bits per heavy atom. The highest BCUT2D eigenvalue weighted by atomic mass is 16.5. The summed E-state index contributed by atoms with van der Waals surface area (Å²) in [7, 11) is 0. The molecular formula is C20H26N2O3. The highest BCUT2D eigenvalue weighted by Crippen LogP contribution is 2.24. The maximum Gasteiger partial charge on any atom is 0.231 e. The summed E-state index contributed by atoms with van der Waals surface area (Å²) in [5.74, 6) is 1.37. The van der Waals surface area contributed by atoms with Gasteiger partial charge in [-0.2, -0.15) is 0 Å². The van der Waals surface area contributed by atoms with E-state index in [9.17, 15) is 4.79 Å². The number of benzene rings is 1. The van der Waals surface area contributed by atoms with Crippen LogP contribution in [0.4, 0.5) is 5.69 Å². The molecule has 1 aromatic heterocycles. The molecule has 1 fully saturated rings. The Morgan fingerprint density at radius 2 is 1.88 bits per heavy atom. The number of carbonyl (C=O) groups is 1. The Morgan fingerprint density at radius 3 is 2.48 bits per heavy atom. The Bertz CT molecular complexity index is 715. The molecule has 0 unspecified atom stereocenters. The number of ether oxygens (including phenoxy) is 1. The minimum atomic E-state index is -0.245. The van der Waals surface area contributed by atoms with Gasteiger partial charge >= 0.3 is 0 Å². The monoisotopic (exact) mass is 342 g/mol. The fraction of sp³-hybridized carbons (Fsp3) is 0.450. The van der Waals surface area contributed by atoms with E-state index >= 15 is 0 Å². The quantitative estimate of drug-likeness (QED) is 0.904. The zero-order chi connectivity index (χ0) is 17.8. The summed E-state index contributed by atoms with van der Waals surface area (Å²) >= 11 is 0. The molecule has 0 spiro atoms. The smallest absolute Gasteiger partial charge is 0.231 e. The summed E-state index contributed by atoms with van der Waals surface area (Å²) in [6, 6.07) is 10.0. The Labute approximate surface area is 149 Å². The van der Waals surface area contributed by atoms with Gasteiger partial charge in [-0.15, -0.1) is 0 Å². The average molecular weight is 342 g/mol. The van der Waals surface area contributed by atoms with Gasteiger partial charge in [-0.3, -0.25) is 9.69 Å². The predicted molar refractivity (Wildman–Crippen MR) is 97.8 cm³/mol. The predicted octanol–water partition coefficient (Wildman–Crippen LogP) is 3.47. The van der Waals surface area contributed by atoms with Crippen LogP contribution in [0.1, 0.15) is 35.5 Å². The lowest BCUT2D eigenvalue weighted by Gasteiger charge is -2.26. The molecule has 1 N–H and O–H groups in total. The van der Waals surface area contributed by atoms with E-state index in [2.05, 4.69) is 22.3 Å². The second-order valence-electron chi connectivity index (χ2n) is 6.66. The van der Waals surface area contributed by atoms with E-state index in [4.69, 9.17) is 9.15 Å². The molecule has 25 heavy (non-hydrogen) atoms. The van der Waals surface area contributed by atoms with Crippen LogP contribution in [0.5, 0.6) is 0 Å². The number of nitrogens with one attached hydrogen (secondary N) is 1. The zero-order valence-corrected chi connectivity index (χ0v) is 15.2. The topological polar surface area (TPSA) is 54.7 Å². The number of furan rings is 1. The minimum Gasteiger partial charge on any atom is -0.466 e. The molecule has 3 rings (SSSR count). The number of rotatable bonds is 5. The second kappa shape index (κ2) is 7.85. The molecule has 134 valence electrons. The molecule has 2 aromatic rings. The number of aryl methyl sites for hydroxylation is 2. The Balaban J connectivity index is 1.58. The molecular weight excluding hydrogens is 316 g/mol. The summed E-state index contributed by atoms with van der Waals surface area (Å²) in [5.41, 5.74) is 3.01. The zero-order valence-electron chi connectivity index (χ0n) is 15.2. The molecule has 0 saturated carbocycles. The van der Waals surface area contributed by atoms with Crippen LogP contribution < -0.4 is 5.32 Å². The van der Waals surface area contributed by atoms with Gasteiger partial charge in [0.2, 0.25) is 5.91 Å². The highest BCUT2D eigenvalue weighted by molar-refractivity contribution is 5.95. The van der Waals surface area contributed by atoms with Gasteiger partial charge in [-0.05, 0) is 44.5 Å². The Kier molecular flexibility index (Phi) is 5.56. The maximum atomic E-state index is 12.5. The van der Waals surface area contributed by atoms with Crippen molar-refractivity contribution in [2.45, 2.75) is 33.2 Å². The van der Waals surface area contributed by atoms with E-state index in [1.807, 2.05) is 39.0 Å². The van der Waals surface area contributed by atoms with Crippen LogP contribution in [0.2, 0.25) is 0 Å². The molecule has 0 bridgehead atoms. The fourth-order valence-corrected chi connectivity index (χ4v) is 3.18. The molecule has 1 saturated heterocycles. The highest BCUT2D eigenvalue weighted by Gasteiger charge is 2.20. The van der Waals surface area contributed by atoms with Gasteiger partial charge in [0.15, 0.2) is 0 Å². The van der Waals surface area contributed by atoms with E-state index in [1.54, 1.807) is 0 Å². The van der Waals surface area contributed by atoms with Crippen molar-refractivity contribution in [3.05, 3.63) is 53.0 Å². The third-order valence-corrected chi connectivity index (χ3v) is 4.67. The van der Waals surface area contributed by atoms with Gasteiger partial charge in [-0.25, -0.2) is 0 Å². The van der Waals surface area contributed by atoms with E-state index in [0.717, 1.165) is 55.6 Å². The summed E-state index contributed by atoms with van der Waals surface area (Å²) < 4.78 is 10.9. The van der Waals surface area contributed by atoms with Crippen LogP contribution >= 0.6 is 0 Å². The first-order chi connectivity index (χ1) is 12.0. The molecule has 0 radical (unpaired) electrons. The number of morpholine rings is 1. The van der Waals surface area contributed by atoms with Crippen molar-refractivity contribution in [1.29, 1.82) is 0 Å². The number of amides is 1. The van der Waals surface area contributed by atoms with Gasteiger partial charge in [0, 0.05) is 30.9 Å². The maximum absolute atomic E-state index is 12.5. The van der Waals surface area contributed by atoms with E-state index in [0.29, 0.717) is 0 Å². The van der Waals surface area contributed by atoms with E-state index in [-0.39, 0.29) is 11.8 Å². The van der Waals surface area contributed by atoms with Gasteiger partial charge in [0.1, 0.15) is 11.5 Å². The lowest BCUT2D eigenvalue weighted by atomic mass is 10.0. The van der Waals surface area contributed by atoms with Gasteiger partial charge in [0.05, 0.1) is 19.1 Å². The van der Waals surface area contributed by atoms with Crippen molar-refractivity contribution >= 4 is 11.6 Å². The molecule has 1 atom stereocenters. The van der Waals surface area contributed by atoms with Crippen molar-refractivity contribution in [3.63, 3.8) is 0 Å². The number of anilines is 1. The molecule has 1 aliphatic heterocycles. The molecule has 1 aliphatic rings. The Hall–Kier alpha value is -2.11. The van der Waals surface area contributed by atoms with Crippen molar-refractivity contribution in [2.75, 3.05) is 31.6 Å². The average Bonchev–Trinajstić information content (AvgIpc) is 2.95. The van der Waals surface area contributed by atoms with Crippen LogP contribution in [0, 0.1) is 13.8 Å². The molecule has 0 aliphatic carbocycles. The molecule has 5 heteroatoms. The summed E-state index contributed by atoms with van der Waals surface area (Å²) in [4.78, 5) is 14.9. The number of hydrogen-bond donors (Lipinski definition) is 1. The first-order valence-corrected chi connectivity index (χ1v) is 8.80. The molecule has 2 heterocycles. The largest absolute Gasteiger partial charge is 0.466 e. The van der Waals surface area contributed by atoms with Gasteiger partial charge in [-0.1, -0.05) is 12.1 Å². The first kappa shape index (κ1) is 17.7. The van der Waals surface area contributed by atoms with Crippen molar-refractivity contribution in [3.8, 4) is 0 Å². The van der Waals surface area contributed by atoms with Crippen LogP contribution in [0.25, 0.3) is 0 Å². The number of carbonyl (C=O) groups excluding carboxylic acids is 1.